The number of carbonyl (C=O) groups excluding carboxylic acids is 1. The lowest BCUT2D eigenvalue weighted by atomic mass is 10.1. The van der Waals surface area contributed by atoms with Crippen molar-refractivity contribution < 1.29 is 22.7 Å². The molecule has 2 aromatic rings. The van der Waals surface area contributed by atoms with Crippen LogP contribution in [0.5, 0.6) is 0 Å². The zero-order valence-electron chi connectivity index (χ0n) is 14.9. The third-order valence-corrected chi connectivity index (χ3v) is 4.63. The van der Waals surface area contributed by atoms with Crippen molar-refractivity contribution >= 4 is 11.6 Å². The maximum Gasteiger partial charge on any atom is 0.263 e. The maximum atomic E-state index is 13.8. The van der Waals surface area contributed by atoms with Gasteiger partial charge in [-0.15, -0.1) is 0 Å². The molecule has 27 heavy (non-hydrogen) atoms. The molecule has 2 heterocycles. The van der Waals surface area contributed by atoms with Crippen LogP contribution in [0.4, 0.5) is 18.9 Å². The van der Waals surface area contributed by atoms with Gasteiger partial charge >= 0.3 is 0 Å². The number of anilines is 1. The molecule has 5 nitrogen and oxygen atoms in total. The van der Waals surface area contributed by atoms with Crippen molar-refractivity contribution in [1.29, 1.82) is 0 Å². The summed E-state index contributed by atoms with van der Waals surface area (Å²) < 4.78 is 47.2. The molecule has 0 unspecified atom stereocenters. The predicted molar refractivity (Wildman–Crippen MR) is 93.4 cm³/mol. The molecule has 8 heteroatoms. The standard InChI is InChI=1S/C19H19F3N2O3/c1-10-8-11(2)24(9-12-4-3-7-27-12)19(26)15(10)18(25)23-14-6-5-13(20)16(21)17(14)22/h5-6,8,12H,3-4,7,9H2,1-2H3,(H,23,25)/t12-/m1/s1. The second kappa shape index (κ2) is 7.56. The van der Waals surface area contributed by atoms with E-state index in [9.17, 15) is 22.8 Å². The number of amides is 1. The first-order chi connectivity index (χ1) is 12.8. The molecular weight excluding hydrogens is 361 g/mol. The SMILES string of the molecule is Cc1cc(C)n(C[C@H]2CCCO2)c(=O)c1C(=O)Nc1ccc(F)c(F)c1F. The molecule has 1 atom stereocenters. The Bertz CT molecular complexity index is 950. The van der Waals surface area contributed by atoms with E-state index in [0.717, 1.165) is 18.9 Å². The van der Waals surface area contributed by atoms with E-state index in [4.69, 9.17) is 4.74 Å². The number of benzene rings is 1. The van der Waals surface area contributed by atoms with E-state index in [1.165, 1.54) is 4.57 Å². The molecule has 0 spiro atoms. The van der Waals surface area contributed by atoms with Crippen molar-refractivity contribution in [3.05, 3.63) is 62.8 Å². The van der Waals surface area contributed by atoms with Crippen molar-refractivity contribution in [2.45, 2.75) is 39.3 Å². The Morgan fingerprint density at radius 1 is 1.26 bits per heavy atom. The first-order valence-electron chi connectivity index (χ1n) is 8.57. The van der Waals surface area contributed by atoms with Crippen LogP contribution in [0.1, 0.15) is 34.5 Å². The Hall–Kier alpha value is -2.61. The average Bonchev–Trinajstić information content (AvgIpc) is 3.12. The summed E-state index contributed by atoms with van der Waals surface area (Å²) in [6.07, 6.45) is 1.62. The smallest absolute Gasteiger partial charge is 0.263 e. The van der Waals surface area contributed by atoms with Crippen LogP contribution in [0.3, 0.4) is 0 Å². The maximum absolute atomic E-state index is 13.8. The Morgan fingerprint density at radius 3 is 2.67 bits per heavy atom. The number of aryl methyl sites for hydroxylation is 2. The number of nitrogens with one attached hydrogen (secondary N) is 1. The second-order valence-electron chi connectivity index (χ2n) is 6.57. The fourth-order valence-corrected chi connectivity index (χ4v) is 3.23. The summed E-state index contributed by atoms with van der Waals surface area (Å²) in [4.78, 5) is 25.4. The molecule has 0 radical (unpaired) electrons. The lowest BCUT2D eigenvalue weighted by molar-refractivity contribution is 0.0947. The van der Waals surface area contributed by atoms with E-state index in [1.807, 2.05) is 0 Å². The van der Waals surface area contributed by atoms with E-state index in [0.29, 0.717) is 30.5 Å². The zero-order valence-corrected chi connectivity index (χ0v) is 14.9. The van der Waals surface area contributed by atoms with E-state index in [-0.39, 0.29) is 11.7 Å². The Labute approximate surface area is 153 Å². The highest BCUT2D eigenvalue weighted by Gasteiger charge is 2.23. The van der Waals surface area contributed by atoms with Gasteiger partial charge in [0, 0.05) is 12.3 Å². The molecule has 1 N–H and O–H groups in total. The van der Waals surface area contributed by atoms with Gasteiger partial charge in [0.1, 0.15) is 5.56 Å². The van der Waals surface area contributed by atoms with Crippen molar-refractivity contribution in [2.24, 2.45) is 0 Å². The Kier molecular flexibility index (Phi) is 5.36. The molecule has 1 aromatic heterocycles. The van der Waals surface area contributed by atoms with Crippen molar-refractivity contribution in [1.82, 2.24) is 4.57 Å². The van der Waals surface area contributed by atoms with Gasteiger partial charge in [-0.3, -0.25) is 9.59 Å². The number of carbonyl (C=O) groups is 1. The minimum atomic E-state index is -1.69. The molecule has 1 amide bonds. The van der Waals surface area contributed by atoms with Gasteiger partial charge in [0.15, 0.2) is 17.5 Å². The largest absolute Gasteiger partial charge is 0.376 e. The third kappa shape index (κ3) is 3.75. The van der Waals surface area contributed by atoms with Crippen LogP contribution in [-0.2, 0) is 11.3 Å². The summed E-state index contributed by atoms with van der Waals surface area (Å²) in [5, 5.41) is 2.15. The van der Waals surface area contributed by atoms with Gasteiger partial charge < -0.3 is 14.6 Å². The molecule has 1 aliphatic rings. The molecule has 1 aliphatic heterocycles. The van der Waals surface area contributed by atoms with E-state index in [1.54, 1.807) is 19.9 Å². The van der Waals surface area contributed by atoms with Crippen LogP contribution in [0, 0.1) is 31.3 Å². The number of pyridine rings is 1. The highest BCUT2D eigenvalue weighted by atomic mass is 19.2. The van der Waals surface area contributed by atoms with Gasteiger partial charge in [-0.2, -0.15) is 0 Å². The van der Waals surface area contributed by atoms with Gasteiger partial charge in [0.2, 0.25) is 0 Å². The summed E-state index contributed by atoms with van der Waals surface area (Å²) in [6.45, 7) is 4.28. The number of ether oxygens (including phenoxy) is 1. The fraction of sp³-hybridized carbons (Fsp3) is 0.368. The average molecular weight is 380 g/mol. The van der Waals surface area contributed by atoms with E-state index < -0.39 is 34.6 Å². The van der Waals surface area contributed by atoms with Gasteiger partial charge in [0.25, 0.3) is 11.5 Å². The lowest BCUT2D eigenvalue weighted by Gasteiger charge is -2.17. The fourth-order valence-electron chi connectivity index (χ4n) is 3.23. The summed E-state index contributed by atoms with van der Waals surface area (Å²) >= 11 is 0. The zero-order chi connectivity index (χ0) is 19.7. The highest BCUT2D eigenvalue weighted by molar-refractivity contribution is 6.05. The van der Waals surface area contributed by atoms with Crippen molar-refractivity contribution in [3.63, 3.8) is 0 Å². The first-order valence-corrected chi connectivity index (χ1v) is 8.57. The van der Waals surface area contributed by atoms with Crippen LogP contribution in [-0.4, -0.2) is 23.2 Å². The van der Waals surface area contributed by atoms with Gasteiger partial charge in [-0.1, -0.05) is 0 Å². The summed E-state index contributed by atoms with van der Waals surface area (Å²) in [5.74, 6) is -5.46. The van der Waals surface area contributed by atoms with E-state index in [2.05, 4.69) is 5.32 Å². The van der Waals surface area contributed by atoms with Gasteiger partial charge in [-0.05, 0) is 50.5 Å². The molecule has 1 fully saturated rings. The minimum absolute atomic E-state index is 0.108. The normalized spacial score (nSPS) is 16.6. The molecule has 1 saturated heterocycles. The van der Waals surface area contributed by atoms with Gasteiger partial charge in [-0.25, -0.2) is 13.2 Å². The monoisotopic (exact) mass is 380 g/mol. The van der Waals surface area contributed by atoms with E-state index >= 15 is 0 Å². The number of aromatic nitrogens is 1. The molecule has 0 saturated carbocycles. The van der Waals surface area contributed by atoms with Crippen LogP contribution in [0.15, 0.2) is 23.0 Å². The number of nitrogens with zero attached hydrogens (tertiary/aromatic N) is 1. The predicted octanol–water partition coefficient (Wildman–Crippen LogP) is 3.31. The molecular formula is C19H19F3N2O3. The second-order valence-corrected chi connectivity index (χ2v) is 6.57. The Balaban J connectivity index is 1.94. The highest BCUT2D eigenvalue weighted by Crippen LogP contribution is 2.21. The molecule has 0 aliphatic carbocycles. The number of rotatable bonds is 4. The lowest BCUT2D eigenvalue weighted by Crippen LogP contribution is -2.34. The van der Waals surface area contributed by atoms with Crippen LogP contribution < -0.4 is 10.9 Å². The molecule has 1 aromatic carbocycles. The molecule has 144 valence electrons. The van der Waals surface area contributed by atoms with Crippen LogP contribution in [0.2, 0.25) is 0 Å². The molecule has 3 rings (SSSR count). The van der Waals surface area contributed by atoms with Crippen LogP contribution in [0.25, 0.3) is 0 Å². The number of hydrogen-bond donors (Lipinski definition) is 1. The number of halogens is 3. The quantitative estimate of drug-likeness (QED) is 0.828. The van der Waals surface area contributed by atoms with Crippen molar-refractivity contribution in [2.75, 3.05) is 11.9 Å². The number of hydrogen-bond acceptors (Lipinski definition) is 3. The first kappa shape index (κ1) is 19.2. The van der Waals surface area contributed by atoms with Crippen LogP contribution >= 0.6 is 0 Å². The third-order valence-electron chi connectivity index (χ3n) is 4.63. The topological polar surface area (TPSA) is 60.3 Å². The van der Waals surface area contributed by atoms with Gasteiger partial charge in [0.05, 0.1) is 18.3 Å². The van der Waals surface area contributed by atoms with Crippen molar-refractivity contribution in [3.8, 4) is 0 Å². The summed E-state index contributed by atoms with van der Waals surface area (Å²) in [6, 6.07) is 3.28. The minimum Gasteiger partial charge on any atom is -0.376 e. The Morgan fingerprint density at radius 2 is 2.00 bits per heavy atom. The summed E-state index contributed by atoms with van der Waals surface area (Å²) in [5.41, 5.74) is -0.180. The summed E-state index contributed by atoms with van der Waals surface area (Å²) in [7, 11) is 0. The molecule has 0 bridgehead atoms.